The molecule has 0 amide bonds. The number of aromatic hydroxyl groups is 1. The Morgan fingerprint density at radius 3 is 2.83 bits per heavy atom. The number of halogens is 2. The number of nitrogens with zero attached hydrogens (tertiary/aromatic N) is 6. The van der Waals surface area contributed by atoms with Gasteiger partial charge in [0.25, 0.3) is 0 Å². The highest BCUT2D eigenvalue weighted by Crippen LogP contribution is 2.34. The van der Waals surface area contributed by atoms with Crippen molar-refractivity contribution in [2.45, 2.75) is 43.6 Å². The van der Waals surface area contributed by atoms with Crippen molar-refractivity contribution in [3.63, 3.8) is 0 Å². The van der Waals surface area contributed by atoms with Crippen molar-refractivity contribution in [1.82, 2.24) is 30.5 Å². The maximum absolute atomic E-state index is 14.8. The number of hydrogen-bond donors (Lipinski definition) is 2. The third kappa shape index (κ3) is 3.17. The van der Waals surface area contributed by atoms with Crippen LogP contribution in [0, 0.1) is 5.82 Å². The molecule has 4 atom stereocenters. The monoisotopic (exact) mass is 413 g/mol. The van der Waals surface area contributed by atoms with E-state index in [0.29, 0.717) is 24.0 Å². The number of phenolic OH excluding ortho intramolecular Hbond substituents is 1. The lowest BCUT2D eigenvalue weighted by molar-refractivity contribution is 0.176. The van der Waals surface area contributed by atoms with E-state index in [9.17, 15) is 13.9 Å². The van der Waals surface area contributed by atoms with Gasteiger partial charge in [-0.1, -0.05) is 5.21 Å². The van der Waals surface area contributed by atoms with E-state index in [1.54, 1.807) is 12.1 Å². The summed E-state index contributed by atoms with van der Waals surface area (Å²) >= 11 is 0. The molecule has 5 rings (SSSR count). The van der Waals surface area contributed by atoms with Gasteiger partial charge in [0.05, 0.1) is 24.1 Å². The van der Waals surface area contributed by atoms with Crippen LogP contribution in [0.2, 0.25) is 0 Å². The molecule has 3 aromatic rings. The molecular weight excluding hydrogens is 392 g/mol. The van der Waals surface area contributed by atoms with Crippen LogP contribution in [0.3, 0.4) is 0 Å². The van der Waals surface area contributed by atoms with E-state index in [1.165, 1.54) is 29.2 Å². The Balaban J connectivity index is 1.39. The fourth-order valence-electron chi connectivity index (χ4n) is 4.44. The van der Waals surface area contributed by atoms with Gasteiger partial charge < -0.3 is 15.3 Å². The van der Waals surface area contributed by atoms with E-state index >= 15 is 0 Å². The molecule has 2 aliphatic heterocycles. The summed E-state index contributed by atoms with van der Waals surface area (Å²) in [4.78, 5) is 1.82. The first-order valence-corrected chi connectivity index (χ1v) is 9.87. The number of phenols is 1. The topological polar surface area (TPSA) is 92.0 Å². The quantitative estimate of drug-likeness (QED) is 0.678. The van der Waals surface area contributed by atoms with Gasteiger partial charge in [-0.25, -0.2) is 13.5 Å². The van der Waals surface area contributed by atoms with Crippen LogP contribution in [0.5, 0.6) is 5.75 Å². The minimum Gasteiger partial charge on any atom is -0.507 e. The minimum absolute atomic E-state index is 0.0765. The average molecular weight is 413 g/mol. The highest BCUT2D eigenvalue weighted by molar-refractivity contribution is 5.69. The summed E-state index contributed by atoms with van der Waals surface area (Å²) in [6.45, 7) is 0. The standard InChI is InChI=1S/C20H21F2N7O/c1-28(17-8-11-2-3-15(24-11)20(17)22)19-5-4-14(25-26-19)12-9-13(21)16(10-18(12)30)29-7-6-23-27-29/h4-7,9-11,15,17,20,24,30H,2-3,8H2,1H3/t11?,15?,17-,20+/m1/s1. The number of hydrogen-bond acceptors (Lipinski definition) is 7. The Kier molecular flexibility index (Phi) is 4.58. The average Bonchev–Trinajstić information content (AvgIpc) is 3.42. The molecule has 0 aliphatic carbocycles. The molecule has 4 heterocycles. The zero-order valence-corrected chi connectivity index (χ0v) is 16.3. The van der Waals surface area contributed by atoms with Gasteiger partial charge in [-0.3, -0.25) is 0 Å². The summed E-state index contributed by atoms with van der Waals surface area (Å²) in [5.41, 5.74) is 0.602. The summed E-state index contributed by atoms with van der Waals surface area (Å²) in [7, 11) is 1.82. The minimum atomic E-state index is -0.974. The van der Waals surface area contributed by atoms with Gasteiger partial charge in [0.1, 0.15) is 23.4 Å². The van der Waals surface area contributed by atoms with Gasteiger partial charge in [-0.05, 0) is 37.5 Å². The Labute approximate surface area is 171 Å². The maximum Gasteiger partial charge on any atom is 0.151 e. The molecular formula is C20H21F2N7O. The van der Waals surface area contributed by atoms with Crippen LogP contribution in [0.1, 0.15) is 19.3 Å². The predicted octanol–water partition coefficient (Wildman–Crippen LogP) is 2.24. The molecule has 2 unspecified atom stereocenters. The van der Waals surface area contributed by atoms with Crippen molar-refractivity contribution in [2.75, 3.05) is 11.9 Å². The number of fused-ring (bicyclic) bond motifs is 2. The van der Waals surface area contributed by atoms with Gasteiger partial charge in [0.2, 0.25) is 0 Å². The van der Waals surface area contributed by atoms with Gasteiger partial charge >= 0.3 is 0 Å². The van der Waals surface area contributed by atoms with Crippen molar-refractivity contribution in [1.29, 1.82) is 0 Å². The third-order valence-electron chi connectivity index (χ3n) is 6.07. The lowest BCUT2D eigenvalue weighted by atomic mass is 9.96. The predicted molar refractivity (Wildman–Crippen MR) is 106 cm³/mol. The summed E-state index contributed by atoms with van der Waals surface area (Å²) in [5, 5.41) is 29.4. The summed E-state index contributed by atoms with van der Waals surface area (Å²) in [6, 6.07) is 5.77. The van der Waals surface area contributed by atoms with Crippen molar-refractivity contribution in [3.05, 3.63) is 42.5 Å². The number of anilines is 1. The maximum atomic E-state index is 14.8. The van der Waals surface area contributed by atoms with E-state index < -0.39 is 12.0 Å². The van der Waals surface area contributed by atoms with Gasteiger partial charge in [-0.15, -0.1) is 15.3 Å². The molecule has 2 fully saturated rings. The largest absolute Gasteiger partial charge is 0.507 e. The third-order valence-corrected chi connectivity index (χ3v) is 6.07. The van der Waals surface area contributed by atoms with E-state index in [2.05, 4.69) is 25.8 Å². The van der Waals surface area contributed by atoms with Gasteiger partial charge in [0.15, 0.2) is 5.82 Å². The van der Waals surface area contributed by atoms with Crippen LogP contribution in [0.4, 0.5) is 14.6 Å². The van der Waals surface area contributed by atoms with E-state index in [4.69, 9.17) is 0 Å². The second-order valence-corrected chi connectivity index (χ2v) is 7.85. The van der Waals surface area contributed by atoms with Gasteiger partial charge in [-0.2, -0.15) is 0 Å². The van der Waals surface area contributed by atoms with Crippen LogP contribution < -0.4 is 10.2 Å². The molecule has 2 N–H and O–H groups in total. The highest BCUT2D eigenvalue weighted by atomic mass is 19.1. The molecule has 10 heteroatoms. The van der Waals surface area contributed by atoms with Gasteiger partial charge in [0, 0.05) is 30.8 Å². The molecule has 2 aromatic heterocycles. The molecule has 1 aromatic carbocycles. The smallest absolute Gasteiger partial charge is 0.151 e. The molecule has 30 heavy (non-hydrogen) atoms. The van der Waals surface area contributed by atoms with E-state index in [-0.39, 0.29) is 29.1 Å². The highest BCUT2D eigenvalue weighted by Gasteiger charge is 2.43. The Morgan fingerprint density at radius 1 is 1.23 bits per heavy atom. The number of alkyl halides is 1. The van der Waals surface area contributed by atoms with Crippen LogP contribution in [-0.2, 0) is 0 Å². The fraction of sp³-hybridized carbons (Fsp3) is 0.400. The lowest BCUT2D eigenvalue weighted by Gasteiger charge is -2.38. The first-order valence-electron chi connectivity index (χ1n) is 9.87. The van der Waals surface area contributed by atoms with Crippen molar-refractivity contribution < 1.29 is 13.9 Å². The van der Waals surface area contributed by atoms with E-state index in [0.717, 1.165) is 12.8 Å². The number of aromatic nitrogens is 5. The Bertz CT molecular complexity index is 1040. The molecule has 0 radical (unpaired) electrons. The van der Waals surface area contributed by atoms with Crippen molar-refractivity contribution in [2.24, 2.45) is 0 Å². The Morgan fingerprint density at radius 2 is 2.10 bits per heavy atom. The van der Waals surface area contributed by atoms with Crippen LogP contribution in [0.15, 0.2) is 36.7 Å². The lowest BCUT2D eigenvalue weighted by Crippen LogP contribution is -2.55. The number of piperidine rings is 1. The zero-order chi connectivity index (χ0) is 20.8. The number of benzene rings is 1. The fourth-order valence-corrected chi connectivity index (χ4v) is 4.44. The second-order valence-electron chi connectivity index (χ2n) is 7.85. The summed E-state index contributed by atoms with van der Waals surface area (Å²) in [5.74, 6) is -0.204. The van der Waals surface area contributed by atoms with Crippen molar-refractivity contribution in [3.8, 4) is 22.7 Å². The summed E-state index contributed by atoms with van der Waals surface area (Å²) < 4.78 is 30.6. The molecule has 2 aliphatic rings. The molecule has 0 spiro atoms. The molecule has 156 valence electrons. The first kappa shape index (κ1) is 18.9. The van der Waals surface area contributed by atoms with Crippen LogP contribution in [-0.4, -0.2) is 61.6 Å². The summed E-state index contributed by atoms with van der Waals surface area (Å²) in [6.07, 6.45) is 4.49. The van der Waals surface area contributed by atoms with Crippen LogP contribution >= 0.6 is 0 Å². The Hall–Kier alpha value is -3.14. The normalized spacial score (nSPS) is 25.4. The SMILES string of the molecule is CN(c1ccc(-c2cc(F)c(-n3ccnn3)cc2O)nn1)[C@@H]1CC2CCC(N2)[C@@H]1F. The van der Waals surface area contributed by atoms with Crippen molar-refractivity contribution >= 4 is 5.82 Å². The first-order chi connectivity index (χ1) is 14.5. The molecule has 2 bridgehead atoms. The molecule has 0 saturated carbocycles. The van der Waals surface area contributed by atoms with Crippen LogP contribution in [0.25, 0.3) is 16.9 Å². The number of nitrogens with one attached hydrogen (secondary N) is 1. The number of rotatable bonds is 4. The van der Waals surface area contributed by atoms with E-state index in [1.807, 2.05) is 11.9 Å². The molecule has 8 nitrogen and oxygen atoms in total. The zero-order valence-electron chi connectivity index (χ0n) is 16.3. The molecule has 2 saturated heterocycles. The second kappa shape index (κ2) is 7.28.